The van der Waals surface area contributed by atoms with Gasteiger partial charge < -0.3 is 4.74 Å². The number of benzene rings is 1. The molecular weight excluding hydrogens is 320 g/mol. The molecule has 0 N–H and O–H groups in total. The van der Waals surface area contributed by atoms with Crippen LogP contribution in [-0.2, 0) is 11.3 Å². The first-order valence-electron chi connectivity index (χ1n) is 7.92. The number of thiophene rings is 1. The Labute approximate surface area is 145 Å². The third kappa shape index (κ3) is 3.57. The molecule has 5 heteroatoms. The van der Waals surface area contributed by atoms with Gasteiger partial charge in [-0.3, -0.25) is 4.68 Å². The number of nitrogens with zero attached hydrogens (tertiary/aromatic N) is 2. The van der Waals surface area contributed by atoms with Crippen molar-refractivity contribution in [3.8, 4) is 11.1 Å². The van der Waals surface area contributed by atoms with Gasteiger partial charge in [0.05, 0.1) is 24.9 Å². The summed E-state index contributed by atoms with van der Waals surface area (Å²) < 4.78 is 6.77. The van der Waals surface area contributed by atoms with Crippen LogP contribution in [0.4, 0.5) is 0 Å². The van der Waals surface area contributed by atoms with Crippen molar-refractivity contribution in [1.82, 2.24) is 9.78 Å². The fourth-order valence-corrected chi connectivity index (χ4v) is 3.70. The van der Waals surface area contributed by atoms with E-state index in [1.807, 2.05) is 0 Å². The summed E-state index contributed by atoms with van der Waals surface area (Å²) in [7, 11) is 0. The van der Waals surface area contributed by atoms with E-state index in [4.69, 9.17) is 4.74 Å². The minimum Gasteiger partial charge on any atom is -0.462 e. The zero-order chi connectivity index (χ0) is 17.1. The van der Waals surface area contributed by atoms with E-state index >= 15 is 0 Å². The Morgan fingerprint density at radius 1 is 1.29 bits per heavy atom. The number of rotatable bonds is 5. The number of hydrogen-bond donors (Lipinski definition) is 0. The molecule has 2 heterocycles. The lowest BCUT2D eigenvalue weighted by atomic mass is 10.0. The zero-order valence-corrected chi connectivity index (χ0v) is 14.9. The van der Waals surface area contributed by atoms with E-state index in [0.717, 1.165) is 0 Å². The molecule has 0 fully saturated rings. The van der Waals surface area contributed by atoms with Gasteiger partial charge in [0.25, 0.3) is 0 Å². The monoisotopic (exact) mass is 340 g/mol. The van der Waals surface area contributed by atoms with Gasteiger partial charge in [-0.2, -0.15) is 5.10 Å². The normalized spacial score (nSPS) is 10.8. The van der Waals surface area contributed by atoms with Crippen LogP contribution in [0.2, 0.25) is 0 Å². The summed E-state index contributed by atoms with van der Waals surface area (Å²) >= 11 is 1.76. The molecule has 0 bridgehead atoms. The maximum atomic E-state index is 11.7. The molecule has 0 saturated carbocycles. The Hall–Kier alpha value is -2.40. The van der Waals surface area contributed by atoms with E-state index in [1.165, 1.54) is 26.4 Å². The molecule has 3 rings (SSSR count). The molecule has 0 saturated heterocycles. The minimum absolute atomic E-state index is 0.327. The molecule has 124 valence electrons. The highest BCUT2D eigenvalue weighted by Crippen LogP contribution is 2.31. The van der Waals surface area contributed by atoms with Gasteiger partial charge >= 0.3 is 5.97 Å². The number of hydrogen-bond acceptors (Lipinski definition) is 4. The van der Waals surface area contributed by atoms with Crippen LogP contribution >= 0.6 is 11.3 Å². The third-order valence-corrected chi connectivity index (χ3v) is 4.80. The fraction of sp³-hybridized carbons (Fsp3) is 0.263. The van der Waals surface area contributed by atoms with Crippen LogP contribution in [0.5, 0.6) is 0 Å². The highest BCUT2D eigenvalue weighted by atomic mass is 32.1. The maximum Gasteiger partial charge on any atom is 0.341 e. The largest absolute Gasteiger partial charge is 0.462 e. The Balaban J connectivity index is 1.80. The first-order valence-corrected chi connectivity index (χ1v) is 8.74. The number of esters is 1. The van der Waals surface area contributed by atoms with Crippen molar-refractivity contribution < 1.29 is 9.53 Å². The van der Waals surface area contributed by atoms with E-state index in [9.17, 15) is 4.79 Å². The van der Waals surface area contributed by atoms with Crippen LogP contribution in [0.25, 0.3) is 11.1 Å². The highest BCUT2D eigenvalue weighted by Gasteiger charge is 2.12. The van der Waals surface area contributed by atoms with Crippen molar-refractivity contribution in [2.45, 2.75) is 27.3 Å². The first kappa shape index (κ1) is 16.5. The van der Waals surface area contributed by atoms with Crippen molar-refractivity contribution in [2.75, 3.05) is 6.61 Å². The SMILES string of the molecule is CCOC(=O)c1cnn(Cc2cc(-c3cccc(C)c3)c(C)s2)c1. The van der Waals surface area contributed by atoms with Crippen molar-refractivity contribution in [3.63, 3.8) is 0 Å². The van der Waals surface area contributed by atoms with Crippen LogP contribution in [-0.4, -0.2) is 22.4 Å². The second-order valence-electron chi connectivity index (χ2n) is 5.70. The maximum absolute atomic E-state index is 11.7. The van der Waals surface area contributed by atoms with Gasteiger partial charge in [0.2, 0.25) is 0 Å². The number of ether oxygens (including phenoxy) is 1. The molecule has 4 nitrogen and oxygen atoms in total. The van der Waals surface area contributed by atoms with Gasteiger partial charge in [-0.15, -0.1) is 11.3 Å². The molecular formula is C19H20N2O2S. The van der Waals surface area contributed by atoms with Crippen LogP contribution in [0.15, 0.2) is 42.7 Å². The Bertz CT molecular complexity index is 864. The number of carbonyl (C=O) groups excluding carboxylic acids is 1. The van der Waals surface area contributed by atoms with Crippen molar-refractivity contribution in [3.05, 3.63) is 63.6 Å². The van der Waals surface area contributed by atoms with Crippen LogP contribution < -0.4 is 0 Å². The Morgan fingerprint density at radius 2 is 2.12 bits per heavy atom. The fourth-order valence-electron chi connectivity index (χ4n) is 2.65. The van der Waals surface area contributed by atoms with Gasteiger partial charge in [0.15, 0.2) is 0 Å². The molecule has 0 radical (unpaired) electrons. The summed E-state index contributed by atoms with van der Waals surface area (Å²) in [5.41, 5.74) is 4.24. The van der Waals surface area contributed by atoms with Crippen LogP contribution in [0.1, 0.15) is 32.6 Å². The molecule has 0 amide bonds. The molecule has 0 aliphatic rings. The Morgan fingerprint density at radius 3 is 2.88 bits per heavy atom. The van der Waals surface area contributed by atoms with Gasteiger partial charge in [0.1, 0.15) is 0 Å². The average molecular weight is 340 g/mol. The van der Waals surface area contributed by atoms with E-state index in [0.29, 0.717) is 18.7 Å². The van der Waals surface area contributed by atoms with Gasteiger partial charge in [0, 0.05) is 16.0 Å². The van der Waals surface area contributed by atoms with Gasteiger partial charge in [-0.05, 0) is 38.0 Å². The lowest BCUT2D eigenvalue weighted by molar-refractivity contribution is 0.0526. The lowest BCUT2D eigenvalue weighted by Gasteiger charge is -2.01. The molecule has 0 aliphatic heterocycles. The lowest BCUT2D eigenvalue weighted by Crippen LogP contribution is -2.03. The summed E-state index contributed by atoms with van der Waals surface area (Å²) in [6.45, 7) is 7.06. The molecule has 2 aromatic heterocycles. The second kappa shape index (κ2) is 7.01. The second-order valence-corrected chi connectivity index (χ2v) is 7.04. The van der Waals surface area contributed by atoms with Crippen molar-refractivity contribution in [2.24, 2.45) is 0 Å². The summed E-state index contributed by atoms with van der Waals surface area (Å²) in [5, 5.41) is 4.26. The van der Waals surface area contributed by atoms with Crippen LogP contribution in [0, 0.1) is 13.8 Å². The van der Waals surface area contributed by atoms with Crippen molar-refractivity contribution >= 4 is 17.3 Å². The summed E-state index contributed by atoms with van der Waals surface area (Å²) in [5.74, 6) is -0.327. The molecule has 0 aliphatic carbocycles. The smallest absolute Gasteiger partial charge is 0.341 e. The molecule has 24 heavy (non-hydrogen) atoms. The van der Waals surface area contributed by atoms with Crippen molar-refractivity contribution in [1.29, 1.82) is 0 Å². The Kier molecular flexibility index (Phi) is 4.81. The average Bonchev–Trinajstić information content (AvgIpc) is 3.15. The third-order valence-electron chi connectivity index (χ3n) is 3.76. The molecule has 0 unspecified atom stereocenters. The molecule has 1 aromatic carbocycles. The number of aryl methyl sites for hydroxylation is 2. The van der Waals surface area contributed by atoms with Gasteiger partial charge in [-0.25, -0.2) is 4.79 Å². The number of carbonyl (C=O) groups is 1. The van der Waals surface area contributed by atoms with E-state index < -0.39 is 0 Å². The minimum atomic E-state index is -0.327. The molecule has 0 spiro atoms. The topological polar surface area (TPSA) is 44.1 Å². The highest BCUT2D eigenvalue weighted by molar-refractivity contribution is 7.12. The van der Waals surface area contributed by atoms with Crippen LogP contribution in [0.3, 0.4) is 0 Å². The summed E-state index contributed by atoms with van der Waals surface area (Å²) in [4.78, 5) is 14.2. The standard InChI is InChI=1S/C19H20N2O2S/c1-4-23-19(22)16-10-20-21(11-16)12-17-9-18(14(3)24-17)15-7-5-6-13(2)8-15/h5-11H,4,12H2,1-3H3. The quantitative estimate of drug-likeness (QED) is 0.644. The predicted octanol–water partition coefficient (Wildman–Crippen LogP) is 4.45. The molecule has 3 aromatic rings. The van der Waals surface area contributed by atoms with E-state index in [1.54, 1.807) is 35.3 Å². The molecule has 0 atom stereocenters. The van der Waals surface area contributed by atoms with E-state index in [2.05, 4.69) is 49.3 Å². The summed E-state index contributed by atoms with van der Waals surface area (Å²) in [6.07, 6.45) is 3.29. The summed E-state index contributed by atoms with van der Waals surface area (Å²) in [6, 6.07) is 10.7. The van der Waals surface area contributed by atoms with E-state index in [-0.39, 0.29) is 5.97 Å². The zero-order valence-electron chi connectivity index (χ0n) is 14.1. The first-order chi connectivity index (χ1) is 11.6. The van der Waals surface area contributed by atoms with Gasteiger partial charge in [-0.1, -0.05) is 29.8 Å². The number of aromatic nitrogens is 2. The predicted molar refractivity (Wildman–Crippen MR) is 96.5 cm³/mol.